The number of nitrogens with one attached hydrogen (secondary N) is 1. The second-order valence-corrected chi connectivity index (χ2v) is 7.67. The summed E-state index contributed by atoms with van der Waals surface area (Å²) in [6.07, 6.45) is 4.41. The van der Waals surface area contributed by atoms with E-state index in [1.165, 1.54) is 46.0 Å². The van der Waals surface area contributed by atoms with Gasteiger partial charge in [0.2, 0.25) is 0 Å². The average Bonchev–Trinajstić information content (AvgIpc) is 3.07. The van der Waals surface area contributed by atoms with Gasteiger partial charge in [-0.2, -0.15) is 5.10 Å². The number of aromatic nitrogens is 3. The summed E-state index contributed by atoms with van der Waals surface area (Å²) in [5.41, 5.74) is 7.12. The monoisotopic (exact) mass is 356 g/mol. The van der Waals surface area contributed by atoms with Crippen LogP contribution >= 0.6 is 0 Å². The SMILES string of the molecule is Cc1cc(C2CCNCC2)nc2c(-c3ccc4nn(C)cc4c3)cccc12. The lowest BCUT2D eigenvalue weighted by atomic mass is 9.91. The summed E-state index contributed by atoms with van der Waals surface area (Å²) in [7, 11) is 1.97. The summed E-state index contributed by atoms with van der Waals surface area (Å²) in [5, 5.41) is 10.4. The summed E-state index contributed by atoms with van der Waals surface area (Å²) in [6, 6.07) is 15.3. The first-order valence-corrected chi connectivity index (χ1v) is 9.74. The van der Waals surface area contributed by atoms with Crippen molar-refractivity contribution in [2.75, 3.05) is 13.1 Å². The number of nitrogens with zero attached hydrogens (tertiary/aromatic N) is 3. The van der Waals surface area contributed by atoms with Gasteiger partial charge in [0.05, 0.1) is 11.0 Å². The third-order valence-electron chi connectivity index (χ3n) is 5.75. The van der Waals surface area contributed by atoms with E-state index in [0.29, 0.717) is 5.92 Å². The van der Waals surface area contributed by atoms with Crippen LogP contribution in [-0.4, -0.2) is 27.9 Å². The predicted molar refractivity (Wildman–Crippen MR) is 111 cm³/mol. The van der Waals surface area contributed by atoms with Crippen molar-refractivity contribution in [1.29, 1.82) is 0 Å². The Labute approximate surface area is 159 Å². The minimum absolute atomic E-state index is 0.559. The maximum Gasteiger partial charge on any atom is 0.0923 e. The van der Waals surface area contributed by atoms with Gasteiger partial charge in [-0.25, -0.2) is 0 Å². The fourth-order valence-electron chi connectivity index (χ4n) is 4.32. The highest BCUT2D eigenvalue weighted by Crippen LogP contribution is 2.33. The van der Waals surface area contributed by atoms with E-state index >= 15 is 0 Å². The van der Waals surface area contributed by atoms with Crippen LogP contribution in [0, 0.1) is 6.92 Å². The van der Waals surface area contributed by atoms with E-state index in [1.54, 1.807) is 0 Å². The zero-order valence-electron chi connectivity index (χ0n) is 15.9. The highest BCUT2D eigenvalue weighted by molar-refractivity contribution is 5.97. The maximum atomic E-state index is 5.17. The number of piperidine rings is 1. The van der Waals surface area contributed by atoms with Gasteiger partial charge >= 0.3 is 0 Å². The Balaban J connectivity index is 1.69. The number of rotatable bonds is 2. The van der Waals surface area contributed by atoms with Crippen LogP contribution in [0.25, 0.3) is 32.9 Å². The lowest BCUT2D eigenvalue weighted by Gasteiger charge is -2.23. The Morgan fingerprint density at radius 3 is 2.78 bits per heavy atom. The molecule has 1 fully saturated rings. The van der Waals surface area contributed by atoms with Crippen molar-refractivity contribution in [3.8, 4) is 11.1 Å². The first kappa shape index (κ1) is 16.5. The Morgan fingerprint density at radius 2 is 1.93 bits per heavy atom. The van der Waals surface area contributed by atoms with Gasteiger partial charge < -0.3 is 5.32 Å². The summed E-state index contributed by atoms with van der Waals surface area (Å²) in [4.78, 5) is 5.17. The van der Waals surface area contributed by atoms with Crippen LogP contribution in [0.5, 0.6) is 0 Å². The number of aryl methyl sites for hydroxylation is 2. The molecule has 1 aliphatic heterocycles. The van der Waals surface area contributed by atoms with Crippen molar-refractivity contribution < 1.29 is 0 Å². The zero-order chi connectivity index (χ0) is 18.4. The molecule has 2 aromatic carbocycles. The van der Waals surface area contributed by atoms with E-state index < -0.39 is 0 Å². The molecule has 0 atom stereocenters. The van der Waals surface area contributed by atoms with Crippen LogP contribution in [0.15, 0.2) is 48.7 Å². The minimum Gasteiger partial charge on any atom is -0.317 e. The molecule has 5 rings (SSSR count). The molecule has 4 nitrogen and oxygen atoms in total. The van der Waals surface area contributed by atoms with Gasteiger partial charge in [0.15, 0.2) is 0 Å². The van der Waals surface area contributed by atoms with Crippen LogP contribution < -0.4 is 5.32 Å². The average molecular weight is 356 g/mol. The number of pyridine rings is 1. The molecule has 0 radical (unpaired) electrons. The topological polar surface area (TPSA) is 42.7 Å². The van der Waals surface area contributed by atoms with Gasteiger partial charge in [-0.15, -0.1) is 0 Å². The van der Waals surface area contributed by atoms with Crippen molar-refractivity contribution in [2.45, 2.75) is 25.7 Å². The van der Waals surface area contributed by atoms with E-state index in [0.717, 1.165) is 24.1 Å². The summed E-state index contributed by atoms with van der Waals surface area (Å²) >= 11 is 0. The van der Waals surface area contributed by atoms with E-state index in [-0.39, 0.29) is 0 Å². The number of fused-ring (bicyclic) bond motifs is 2. The molecule has 1 aliphatic rings. The van der Waals surface area contributed by atoms with E-state index in [2.05, 4.69) is 66.0 Å². The van der Waals surface area contributed by atoms with Crippen molar-refractivity contribution in [3.05, 3.63) is 59.9 Å². The third kappa shape index (κ3) is 2.90. The molecule has 0 aliphatic carbocycles. The third-order valence-corrected chi connectivity index (χ3v) is 5.75. The van der Waals surface area contributed by atoms with Crippen LogP contribution in [-0.2, 0) is 7.05 Å². The zero-order valence-corrected chi connectivity index (χ0v) is 15.9. The van der Waals surface area contributed by atoms with Crippen LogP contribution in [0.4, 0.5) is 0 Å². The fraction of sp³-hybridized carbons (Fsp3) is 0.304. The molecule has 0 spiro atoms. The van der Waals surface area contributed by atoms with Crippen molar-refractivity contribution in [2.24, 2.45) is 7.05 Å². The molecule has 0 amide bonds. The smallest absolute Gasteiger partial charge is 0.0923 e. The van der Waals surface area contributed by atoms with E-state index in [1.807, 2.05) is 11.7 Å². The first-order valence-electron chi connectivity index (χ1n) is 9.74. The molecular formula is C23H24N4. The Morgan fingerprint density at radius 1 is 1.07 bits per heavy atom. The minimum atomic E-state index is 0.559. The molecule has 27 heavy (non-hydrogen) atoms. The van der Waals surface area contributed by atoms with Crippen molar-refractivity contribution in [1.82, 2.24) is 20.1 Å². The van der Waals surface area contributed by atoms with Gasteiger partial charge in [0.1, 0.15) is 0 Å². The van der Waals surface area contributed by atoms with Gasteiger partial charge in [0.25, 0.3) is 0 Å². The molecule has 136 valence electrons. The Kier molecular flexibility index (Phi) is 3.94. The normalized spacial score (nSPS) is 15.6. The fourth-order valence-corrected chi connectivity index (χ4v) is 4.32. The molecule has 4 aromatic rings. The summed E-state index contributed by atoms with van der Waals surface area (Å²) in [5.74, 6) is 0.559. The number of hydrogen-bond acceptors (Lipinski definition) is 3. The molecule has 1 N–H and O–H groups in total. The Hall–Kier alpha value is -2.72. The standard InChI is InChI=1S/C23H24N4/c1-15-12-22(16-8-10-24-11-9-16)25-23-19(15)4-3-5-20(23)17-6-7-21-18(13-17)14-27(2)26-21/h3-7,12-14,16,24H,8-11H2,1-2H3. The molecule has 2 aromatic heterocycles. The van der Waals surface area contributed by atoms with Crippen molar-refractivity contribution in [3.63, 3.8) is 0 Å². The molecule has 0 unspecified atom stereocenters. The molecule has 4 heteroatoms. The summed E-state index contributed by atoms with van der Waals surface area (Å²) < 4.78 is 1.87. The van der Waals surface area contributed by atoms with Gasteiger partial charge in [-0.05, 0) is 62.2 Å². The number of hydrogen-bond donors (Lipinski definition) is 1. The van der Waals surface area contributed by atoms with E-state index in [4.69, 9.17) is 4.98 Å². The van der Waals surface area contributed by atoms with E-state index in [9.17, 15) is 0 Å². The predicted octanol–water partition coefficient (Wildman–Crippen LogP) is 4.56. The second kappa shape index (κ2) is 6.46. The van der Waals surface area contributed by atoms with Crippen LogP contribution in [0.2, 0.25) is 0 Å². The first-order chi connectivity index (χ1) is 13.2. The lowest BCUT2D eigenvalue weighted by Crippen LogP contribution is -2.27. The highest BCUT2D eigenvalue weighted by Gasteiger charge is 2.18. The van der Waals surface area contributed by atoms with Gasteiger partial charge in [-0.3, -0.25) is 9.67 Å². The molecular weight excluding hydrogens is 332 g/mol. The van der Waals surface area contributed by atoms with Crippen molar-refractivity contribution >= 4 is 21.8 Å². The molecule has 3 heterocycles. The molecule has 0 saturated carbocycles. The number of para-hydroxylation sites is 1. The largest absolute Gasteiger partial charge is 0.317 e. The molecule has 0 bridgehead atoms. The van der Waals surface area contributed by atoms with Gasteiger partial charge in [-0.1, -0.05) is 24.3 Å². The Bertz CT molecular complexity index is 1140. The summed E-state index contributed by atoms with van der Waals surface area (Å²) in [6.45, 7) is 4.38. The van der Waals surface area contributed by atoms with Crippen LogP contribution in [0.3, 0.4) is 0 Å². The molecule has 1 saturated heterocycles. The van der Waals surface area contributed by atoms with Crippen LogP contribution in [0.1, 0.15) is 30.0 Å². The second-order valence-electron chi connectivity index (χ2n) is 7.67. The highest BCUT2D eigenvalue weighted by atomic mass is 15.2. The number of benzene rings is 2. The lowest BCUT2D eigenvalue weighted by molar-refractivity contribution is 0.454. The quantitative estimate of drug-likeness (QED) is 0.572. The maximum absolute atomic E-state index is 5.17. The van der Waals surface area contributed by atoms with Gasteiger partial charge in [0, 0.05) is 41.2 Å².